The zero-order valence-corrected chi connectivity index (χ0v) is 15.1. The summed E-state index contributed by atoms with van der Waals surface area (Å²) in [6.45, 7) is 6.75. The molecule has 0 aromatic heterocycles. The SMILES string of the molecule is CCOC(CC)C(=O)NC1CCCN(Cc2ccc(F)cc2Cl)C1. The predicted molar refractivity (Wildman–Crippen MR) is 93.6 cm³/mol. The number of carbonyl (C=O) groups is 1. The van der Waals surface area contributed by atoms with E-state index >= 15 is 0 Å². The monoisotopic (exact) mass is 356 g/mol. The van der Waals surface area contributed by atoms with Crippen LogP contribution in [0.5, 0.6) is 0 Å². The molecule has 0 radical (unpaired) electrons. The third kappa shape index (κ3) is 5.43. The molecule has 1 aliphatic rings. The van der Waals surface area contributed by atoms with Crippen LogP contribution in [-0.4, -0.2) is 42.6 Å². The highest BCUT2D eigenvalue weighted by molar-refractivity contribution is 6.31. The van der Waals surface area contributed by atoms with Gasteiger partial charge in [-0.1, -0.05) is 24.6 Å². The fourth-order valence-corrected chi connectivity index (χ4v) is 3.31. The third-order valence-corrected chi connectivity index (χ3v) is 4.64. The Morgan fingerprint density at radius 3 is 2.96 bits per heavy atom. The molecule has 1 amide bonds. The maximum Gasteiger partial charge on any atom is 0.249 e. The van der Waals surface area contributed by atoms with E-state index in [9.17, 15) is 9.18 Å². The molecule has 0 bridgehead atoms. The van der Waals surface area contributed by atoms with Gasteiger partial charge < -0.3 is 10.1 Å². The number of benzene rings is 1. The van der Waals surface area contributed by atoms with Gasteiger partial charge in [0.1, 0.15) is 11.9 Å². The zero-order chi connectivity index (χ0) is 17.5. The van der Waals surface area contributed by atoms with Crippen LogP contribution in [-0.2, 0) is 16.1 Å². The van der Waals surface area contributed by atoms with E-state index in [2.05, 4.69) is 10.2 Å². The van der Waals surface area contributed by atoms with Gasteiger partial charge in [0.05, 0.1) is 0 Å². The van der Waals surface area contributed by atoms with Crippen LogP contribution in [0.15, 0.2) is 18.2 Å². The number of hydrogen-bond donors (Lipinski definition) is 1. The number of halogens is 2. The third-order valence-electron chi connectivity index (χ3n) is 4.29. The number of rotatable bonds is 7. The number of piperidine rings is 1. The highest BCUT2D eigenvalue weighted by Crippen LogP contribution is 2.21. The lowest BCUT2D eigenvalue weighted by Gasteiger charge is -2.34. The Kier molecular flexibility index (Phi) is 7.46. The van der Waals surface area contributed by atoms with Gasteiger partial charge in [-0.2, -0.15) is 0 Å². The van der Waals surface area contributed by atoms with Crippen LogP contribution in [0.1, 0.15) is 38.7 Å². The van der Waals surface area contributed by atoms with Crippen molar-refractivity contribution in [1.82, 2.24) is 10.2 Å². The Balaban J connectivity index is 1.90. The van der Waals surface area contributed by atoms with E-state index in [0.717, 1.165) is 31.5 Å². The van der Waals surface area contributed by atoms with Crippen molar-refractivity contribution in [2.75, 3.05) is 19.7 Å². The largest absolute Gasteiger partial charge is 0.369 e. The highest BCUT2D eigenvalue weighted by Gasteiger charge is 2.25. The molecule has 24 heavy (non-hydrogen) atoms. The molecule has 4 nitrogen and oxygen atoms in total. The average Bonchev–Trinajstić information content (AvgIpc) is 2.55. The van der Waals surface area contributed by atoms with E-state index < -0.39 is 0 Å². The normalized spacial score (nSPS) is 19.9. The maximum atomic E-state index is 13.1. The molecule has 1 saturated heterocycles. The number of hydrogen-bond acceptors (Lipinski definition) is 3. The van der Waals surface area contributed by atoms with Crippen molar-refractivity contribution in [3.05, 3.63) is 34.6 Å². The molecule has 0 spiro atoms. The Morgan fingerprint density at radius 1 is 1.50 bits per heavy atom. The van der Waals surface area contributed by atoms with Crippen molar-refractivity contribution in [3.8, 4) is 0 Å². The van der Waals surface area contributed by atoms with Crippen molar-refractivity contribution in [2.45, 2.75) is 51.8 Å². The van der Waals surface area contributed by atoms with Gasteiger partial charge in [-0.05, 0) is 50.4 Å². The number of amides is 1. The second-order valence-corrected chi connectivity index (χ2v) is 6.58. The summed E-state index contributed by atoms with van der Waals surface area (Å²) >= 11 is 6.11. The minimum absolute atomic E-state index is 0.0361. The number of likely N-dealkylation sites (tertiary alicyclic amines) is 1. The van der Waals surface area contributed by atoms with Crippen LogP contribution >= 0.6 is 11.6 Å². The summed E-state index contributed by atoms with van der Waals surface area (Å²) in [6.07, 6.45) is 2.26. The zero-order valence-electron chi connectivity index (χ0n) is 14.4. The summed E-state index contributed by atoms with van der Waals surface area (Å²) in [4.78, 5) is 14.5. The van der Waals surface area contributed by atoms with Crippen LogP contribution in [0.2, 0.25) is 5.02 Å². The molecule has 1 heterocycles. The highest BCUT2D eigenvalue weighted by atomic mass is 35.5. The lowest BCUT2D eigenvalue weighted by atomic mass is 10.0. The average molecular weight is 357 g/mol. The molecule has 1 N–H and O–H groups in total. The first-order chi connectivity index (χ1) is 11.5. The lowest BCUT2D eigenvalue weighted by Crippen LogP contribution is -2.50. The lowest BCUT2D eigenvalue weighted by molar-refractivity contribution is -0.133. The fraction of sp³-hybridized carbons (Fsp3) is 0.611. The molecule has 134 valence electrons. The number of nitrogens with one attached hydrogen (secondary N) is 1. The first-order valence-electron chi connectivity index (χ1n) is 8.61. The Bertz CT molecular complexity index is 556. The molecule has 1 aromatic carbocycles. The summed E-state index contributed by atoms with van der Waals surface area (Å²) < 4.78 is 18.6. The second kappa shape index (κ2) is 9.35. The van der Waals surface area contributed by atoms with Crippen molar-refractivity contribution in [3.63, 3.8) is 0 Å². The van der Waals surface area contributed by atoms with E-state index in [-0.39, 0.29) is 23.9 Å². The summed E-state index contributed by atoms with van der Waals surface area (Å²) in [7, 11) is 0. The van der Waals surface area contributed by atoms with Gasteiger partial charge in [-0.25, -0.2) is 4.39 Å². The van der Waals surface area contributed by atoms with Crippen LogP contribution in [0.3, 0.4) is 0 Å². The van der Waals surface area contributed by atoms with Crippen LogP contribution in [0.25, 0.3) is 0 Å². The van der Waals surface area contributed by atoms with E-state index in [1.807, 2.05) is 13.8 Å². The van der Waals surface area contributed by atoms with E-state index in [0.29, 0.717) is 24.6 Å². The van der Waals surface area contributed by atoms with E-state index in [4.69, 9.17) is 16.3 Å². The number of carbonyl (C=O) groups excluding carboxylic acids is 1. The molecular weight excluding hydrogens is 331 g/mol. The predicted octanol–water partition coefficient (Wildman–Crippen LogP) is 3.37. The molecule has 1 aliphatic heterocycles. The van der Waals surface area contributed by atoms with Gasteiger partial charge in [0.2, 0.25) is 5.91 Å². The van der Waals surface area contributed by atoms with Gasteiger partial charge in [0.25, 0.3) is 0 Å². The standard InChI is InChI=1S/C18H26ClFN2O2/c1-3-17(24-4-2)18(23)21-15-6-5-9-22(12-15)11-13-7-8-14(20)10-16(13)19/h7-8,10,15,17H,3-6,9,11-12H2,1-2H3,(H,21,23). The van der Waals surface area contributed by atoms with Crippen molar-refractivity contribution >= 4 is 17.5 Å². The quantitative estimate of drug-likeness (QED) is 0.814. The van der Waals surface area contributed by atoms with Crippen molar-refractivity contribution in [1.29, 1.82) is 0 Å². The van der Waals surface area contributed by atoms with Gasteiger partial charge in [0.15, 0.2) is 0 Å². The van der Waals surface area contributed by atoms with Gasteiger partial charge in [-0.15, -0.1) is 0 Å². The van der Waals surface area contributed by atoms with Gasteiger partial charge >= 0.3 is 0 Å². The van der Waals surface area contributed by atoms with Crippen LogP contribution in [0.4, 0.5) is 4.39 Å². The van der Waals surface area contributed by atoms with Crippen molar-refractivity contribution < 1.29 is 13.9 Å². The Labute approximate surface area is 148 Å². The molecule has 2 unspecified atom stereocenters. The topological polar surface area (TPSA) is 41.6 Å². The summed E-state index contributed by atoms with van der Waals surface area (Å²) in [5.74, 6) is -0.361. The fourth-order valence-electron chi connectivity index (χ4n) is 3.08. The Morgan fingerprint density at radius 2 is 2.29 bits per heavy atom. The molecule has 2 atom stereocenters. The maximum absolute atomic E-state index is 13.1. The molecular formula is C18H26ClFN2O2. The number of ether oxygens (including phenoxy) is 1. The molecule has 0 aliphatic carbocycles. The Hall–Kier alpha value is -1.17. The van der Waals surface area contributed by atoms with E-state index in [1.165, 1.54) is 12.1 Å². The molecule has 1 fully saturated rings. The summed E-state index contributed by atoms with van der Waals surface area (Å²) in [5, 5.41) is 3.54. The minimum Gasteiger partial charge on any atom is -0.369 e. The molecule has 0 saturated carbocycles. The molecule has 6 heteroatoms. The summed E-state index contributed by atoms with van der Waals surface area (Å²) in [5.41, 5.74) is 0.908. The molecule has 2 rings (SSSR count). The van der Waals surface area contributed by atoms with Crippen molar-refractivity contribution in [2.24, 2.45) is 0 Å². The summed E-state index contributed by atoms with van der Waals surface area (Å²) in [6, 6.07) is 4.61. The smallest absolute Gasteiger partial charge is 0.249 e. The second-order valence-electron chi connectivity index (χ2n) is 6.17. The molecule has 1 aromatic rings. The number of nitrogens with zero attached hydrogens (tertiary/aromatic N) is 1. The van der Waals surface area contributed by atoms with Crippen LogP contribution < -0.4 is 5.32 Å². The van der Waals surface area contributed by atoms with Gasteiger partial charge in [-0.3, -0.25) is 9.69 Å². The van der Waals surface area contributed by atoms with Crippen LogP contribution in [0, 0.1) is 5.82 Å². The first-order valence-corrected chi connectivity index (χ1v) is 8.99. The van der Waals surface area contributed by atoms with E-state index in [1.54, 1.807) is 6.07 Å². The van der Waals surface area contributed by atoms with Gasteiger partial charge in [0, 0.05) is 30.8 Å². The minimum atomic E-state index is -0.378. The first kappa shape index (κ1) is 19.2.